The number of carbonyl (C=O) groups excluding carboxylic acids is 1. The van der Waals surface area contributed by atoms with Crippen LogP contribution in [0.4, 0.5) is 5.69 Å². The molecule has 0 heterocycles. The van der Waals surface area contributed by atoms with Crippen molar-refractivity contribution in [1.29, 1.82) is 0 Å². The molecule has 0 spiro atoms. The van der Waals surface area contributed by atoms with Crippen LogP contribution in [0.15, 0.2) is 18.2 Å². The number of nitrogens with one attached hydrogen (secondary N) is 1. The number of benzene rings is 1. The van der Waals surface area contributed by atoms with Crippen LogP contribution >= 0.6 is 0 Å². The number of carbonyl (C=O) groups is 1. The van der Waals surface area contributed by atoms with Crippen molar-refractivity contribution in [3.05, 3.63) is 29.3 Å². The Morgan fingerprint density at radius 2 is 2.12 bits per heavy atom. The molecule has 1 aromatic rings. The van der Waals surface area contributed by atoms with Crippen molar-refractivity contribution >= 4 is 11.6 Å². The Morgan fingerprint density at radius 1 is 1.44 bits per heavy atom. The van der Waals surface area contributed by atoms with Gasteiger partial charge in [0.05, 0.1) is 6.04 Å². The SMILES string of the molecule is CCCC(N)C(=O)Nc1cccc(C)c1C. The number of amides is 1. The fourth-order valence-corrected chi connectivity index (χ4v) is 1.55. The Balaban J connectivity index is 2.73. The van der Waals surface area contributed by atoms with Crippen molar-refractivity contribution in [3.8, 4) is 0 Å². The molecule has 88 valence electrons. The van der Waals surface area contributed by atoms with Gasteiger partial charge in [-0.3, -0.25) is 4.79 Å². The van der Waals surface area contributed by atoms with Crippen molar-refractivity contribution in [1.82, 2.24) is 0 Å². The van der Waals surface area contributed by atoms with Crippen LogP contribution in [0, 0.1) is 13.8 Å². The van der Waals surface area contributed by atoms with Crippen LogP contribution in [0.25, 0.3) is 0 Å². The van der Waals surface area contributed by atoms with E-state index in [2.05, 4.69) is 5.32 Å². The van der Waals surface area contributed by atoms with Gasteiger partial charge in [0.25, 0.3) is 0 Å². The van der Waals surface area contributed by atoms with Gasteiger partial charge in [0.15, 0.2) is 0 Å². The number of aryl methyl sites for hydroxylation is 1. The lowest BCUT2D eigenvalue weighted by molar-refractivity contribution is -0.117. The fraction of sp³-hybridized carbons (Fsp3) is 0.462. The Bertz CT molecular complexity index is 374. The number of hydrogen-bond donors (Lipinski definition) is 2. The second-order valence-electron chi connectivity index (χ2n) is 4.13. The Labute approximate surface area is 97.0 Å². The first-order valence-corrected chi connectivity index (χ1v) is 5.69. The van der Waals surface area contributed by atoms with Crippen molar-refractivity contribution in [2.75, 3.05) is 5.32 Å². The summed E-state index contributed by atoms with van der Waals surface area (Å²) in [5, 5.41) is 2.87. The van der Waals surface area contributed by atoms with Crippen LogP contribution in [-0.4, -0.2) is 11.9 Å². The van der Waals surface area contributed by atoms with E-state index in [1.165, 1.54) is 5.56 Å². The molecule has 3 nitrogen and oxygen atoms in total. The summed E-state index contributed by atoms with van der Waals surface area (Å²) in [6.07, 6.45) is 1.64. The Kier molecular flexibility index (Phi) is 4.50. The lowest BCUT2D eigenvalue weighted by atomic mass is 10.1. The number of nitrogens with two attached hydrogens (primary N) is 1. The number of hydrogen-bond acceptors (Lipinski definition) is 2. The molecular weight excluding hydrogens is 200 g/mol. The van der Waals surface area contributed by atoms with Gasteiger partial charge in [-0.2, -0.15) is 0 Å². The molecule has 1 aromatic carbocycles. The van der Waals surface area contributed by atoms with E-state index in [0.717, 1.165) is 24.1 Å². The minimum Gasteiger partial charge on any atom is -0.324 e. The third kappa shape index (κ3) is 3.07. The summed E-state index contributed by atoms with van der Waals surface area (Å²) in [7, 11) is 0. The first kappa shape index (κ1) is 12.7. The fourth-order valence-electron chi connectivity index (χ4n) is 1.55. The molecule has 1 unspecified atom stereocenters. The molecule has 1 amide bonds. The molecule has 0 bridgehead atoms. The van der Waals surface area contributed by atoms with E-state index in [1.54, 1.807) is 0 Å². The summed E-state index contributed by atoms with van der Waals surface area (Å²) < 4.78 is 0. The minimum absolute atomic E-state index is 0.101. The van der Waals surface area contributed by atoms with Crippen LogP contribution < -0.4 is 11.1 Å². The van der Waals surface area contributed by atoms with Crippen molar-refractivity contribution < 1.29 is 4.79 Å². The van der Waals surface area contributed by atoms with E-state index >= 15 is 0 Å². The van der Waals surface area contributed by atoms with Gasteiger partial charge in [0.1, 0.15) is 0 Å². The molecule has 0 fully saturated rings. The minimum atomic E-state index is -0.412. The normalized spacial score (nSPS) is 12.2. The molecule has 0 saturated heterocycles. The van der Waals surface area contributed by atoms with Crippen LogP contribution in [0.3, 0.4) is 0 Å². The zero-order valence-corrected chi connectivity index (χ0v) is 10.2. The lowest BCUT2D eigenvalue weighted by Crippen LogP contribution is -2.35. The maximum Gasteiger partial charge on any atom is 0.241 e. The average molecular weight is 220 g/mol. The maximum atomic E-state index is 11.7. The van der Waals surface area contributed by atoms with Gasteiger partial charge in [0, 0.05) is 5.69 Å². The summed E-state index contributed by atoms with van der Waals surface area (Å²) in [6.45, 7) is 6.04. The standard InChI is InChI=1S/C13H20N2O/c1-4-6-11(14)13(16)15-12-8-5-7-9(2)10(12)3/h5,7-8,11H,4,6,14H2,1-3H3,(H,15,16). The van der Waals surface area contributed by atoms with E-state index in [4.69, 9.17) is 5.73 Å². The summed E-state index contributed by atoms with van der Waals surface area (Å²) >= 11 is 0. The second kappa shape index (κ2) is 5.66. The predicted molar refractivity (Wildman–Crippen MR) is 67.4 cm³/mol. The zero-order valence-electron chi connectivity index (χ0n) is 10.2. The molecular formula is C13H20N2O. The first-order chi connectivity index (χ1) is 7.56. The maximum absolute atomic E-state index is 11.7. The summed E-state index contributed by atoms with van der Waals surface area (Å²) in [5.74, 6) is -0.101. The van der Waals surface area contributed by atoms with E-state index < -0.39 is 6.04 Å². The second-order valence-corrected chi connectivity index (χ2v) is 4.13. The molecule has 0 saturated carbocycles. The van der Waals surface area contributed by atoms with Crippen molar-refractivity contribution in [2.45, 2.75) is 39.7 Å². The number of rotatable bonds is 4. The highest BCUT2D eigenvalue weighted by molar-refractivity contribution is 5.95. The highest BCUT2D eigenvalue weighted by Crippen LogP contribution is 2.18. The van der Waals surface area contributed by atoms with Gasteiger partial charge in [-0.1, -0.05) is 25.5 Å². The molecule has 16 heavy (non-hydrogen) atoms. The largest absolute Gasteiger partial charge is 0.324 e. The Hall–Kier alpha value is -1.35. The monoisotopic (exact) mass is 220 g/mol. The summed E-state index contributed by atoms with van der Waals surface area (Å²) in [5.41, 5.74) is 8.87. The van der Waals surface area contributed by atoms with Crippen molar-refractivity contribution in [2.24, 2.45) is 5.73 Å². The van der Waals surface area contributed by atoms with Gasteiger partial charge in [-0.05, 0) is 37.5 Å². The highest BCUT2D eigenvalue weighted by Gasteiger charge is 2.13. The highest BCUT2D eigenvalue weighted by atomic mass is 16.2. The third-order valence-electron chi connectivity index (χ3n) is 2.80. The summed E-state index contributed by atoms with van der Waals surface area (Å²) in [4.78, 5) is 11.7. The van der Waals surface area contributed by atoms with Crippen LogP contribution in [0.1, 0.15) is 30.9 Å². The summed E-state index contributed by atoms with van der Waals surface area (Å²) in [6, 6.07) is 5.45. The molecule has 0 aliphatic carbocycles. The predicted octanol–water partition coefficient (Wildman–Crippen LogP) is 2.37. The third-order valence-corrected chi connectivity index (χ3v) is 2.80. The van der Waals surface area contributed by atoms with E-state index in [-0.39, 0.29) is 5.91 Å². The molecule has 0 aliphatic heterocycles. The molecule has 0 aliphatic rings. The zero-order chi connectivity index (χ0) is 12.1. The quantitative estimate of drug-likeness (QED) is 0.818. The van der Waals surface area contributed by atoms with E-state index in [0.29, 0.717) is 0 Å². The molecule has 3 N–H and O–H groups in total. The van der Waals surface area contributed by atoms with Crippen LogP contribution in [0.2, 0.25) is 0 Å². The average Bonchev–Trinajstić information content (AvgIpc) is 2.25. The van der Waals surface area contributed by atoms with E-state index in [1.807, 2.05) is 39.0 Å². The van der Waals surface area contributed by atoms with Gasteiger partial charge >= 0.3 is 0 Å². The topological polar surface area (TPSA) is 55.1 Å². The first-order valence-electron chi connectivity index (χ1n) is 5.69. The van der Waals surface area contributed by atoms with Crippen LogP contribution in [-0.2, 0) is 4.79 Å². The molecule has 3 heteroatoms. The van der Waals surface area contributed by atoms with Gasteiger partial charge in [-0.25, -0.2) is 0 Å². The lowest BCUT2D eigenvalue weighted by Gasteiger charge is -2.14. The molecule has 1 rings (SSSR count). The molecule has 0 radical (unpaired) electrons. The van der Waals surface area contributed by atoms with E-state index in [9.17, 15) is 4.79 Å². The molecule has 1 atom stereocenters. The Morgan fingerprint density at radius 3 is 2.75 bits per heavy atom. The van der Waals surface area contributed by atoms with Crippen molar-refractivity contribution in [3.63, 3.8) is 0 Å². The van der Waals surface area contributed by atoms with Gasteiger partial charge in [-0.15, -0.1) is 0 Å². The number of anilines is 1. The van der Waals surface area contributed by atoms with Crippen LogP contribution in [0.5, 0.6) is 0 Å². The molecule has 0 aromatic heterocycles. The van der Waals surface area contributed by atoms with Gasteiger partial charge < -0.3 is 11.1 Å². The van der Waals surface area contributed by atoms with Gasteiger partial charge in [0.2, 0.25) is 5.91 Å². The smallest absolute Gasteiger partial charge is 0.241 e.